The first-order chi connectivity index (χ1) is 9.24. The molecule has 0 fully saturated rings. The van der Waals surface area contributed by atoms with Gasteiger partial charge in [-0.15, -0.1) is 0 Å². The summed E-state index contributed by atoms with van der Waals surface area (Å²) < 4.78 is 2.00. The van der Waals surface area contributed by atoms with Gasteiger partial charge in [0.15, 0.2) is 0 Å². The largest absolute Gasteiger partial charge is 0.353 e. The van der Waals surface area contributed by atoms with E-state index in [4.69, 9.17) is 0 Å². The molecule has 3 heterocycles. The van der Waals surface area contributed by atoms with Crippen LogP contribution in [0.25, 0.3) is 0 Å². The minimum atomic E-state index is -0.198. The summed E-state index contributed by atoms with van der Waals surface area (Å²) in [5.74, 6) is 0.0230. The molecule has 6 nitrogen and oxygen atoms in total. The van der Waals surface area contributed by atoms with E-state index >= 15 is 0 Å². The quantitative estimate of drug-likeness (QED) is 0.730. The lowest BCUT2D eigenvalue weighted by molar-refractivity contribution is -0.123. The van der Waals surface area contributed by atoms with E-state index in [0.717, 1.165) is 17.1 Å². The highest BCUT2D eigenvalue weighted by Crippen LogP contribution is 2.12. The zero-order valence-electron chi connectivity index (χ0n) is 10.8. The van der Waals surface area contributed by atoms with Crippen LogP contribution in [0, 0.1) is 0 Å². The van der Waals surface area contributed by atoms with Crippen LogP contribution >= 0.6 is 0 Å². The highest BCUT2D eigenvalue weighted by Gasteiger charge is 2.25. The molecule has 3 rings (SSSR count). The van der Waals surface area contributed by atoms with Crippen molar-refractivity contribution in [3.63, 3.8) is 0 Å². The number of imidazole rings is 1. The van der Waals surface area contributed by atoms with E-state index in [2.05, 4.69) is 20.6 Å². The molecule has 0 saturated heterocycles. The summed E-state index contributed by atoms with van der Waals surface area (Å²) in [6.07, 6.45) is 4.28. The van der Waals surface area contributed by atoms with E-state index in [9.17, 15) is 4.79 Å². The van der Waals surface area contributed by atoms with Crippen molar-refractivity contribution in [2.75, 3.05) is 0 Å². The van der Waals surface area contributed by atoms with Gasteiger partial charge in [-0.05, 0) is 12.1 Å². The summed E-state index contributed by atoms with van der Waals surface area (Å²) in [6, 6.07) is 3.77. The number of nitrogens with zero attached hydrogens (tertiary/aromatic N) is 2. The first-order valence-electron chi connectivity index (χ1n) is 6.36. The van der Waals surface area contributed by atoms with Crippen molar-refractivity contribution in [3.05, 3.63) is 41.7 Å². The summed E-state index contributed by atoms with van der Waals surface area (Å²) >= 11 is 0. The average Bonchev–Trinajstić information content (AvgIpc) is 3.03. The molecule has 3 N–H and O–H groups in total. The number of hydrogen-bond donors (Lipinski definition) is 3. The van der Waals surface area contributed by atoms with Crippen molar-refractivity contribution >= 4 is 5.91 Å². The van der Waals surface area contributed by atoms with E-state index in [1.54, 1.807) is 6.33 Å². The number of carbonyl (C=O) groups excluding carboxylic acids is 1. The zero-order chi connectivity index (χ0) is 13.2. The molecule has 1 unspecified atom stereocenters. The smallest absolute Gasteiger partial charge is 0.237 e. The summed E-state index contributed by atoms with van der Waals surface area (Å²) in [6.45, 7) is 1.21. The number of nitrogens with one attached hydrogen (secondary N) is 3. The number of H-pyrrole nitrogens is 1. The number of carbonyl (C=O) groups is 1. The second kappa shape index (κ2) is 4.89. The number of hydrogen-bond acceptors (Lipinski definition) is 3. The van der Waals surface area contributed by atoms with Gasteiger partial charge >= 0.3 is 0 Å². The first-order valence-corrected chi connectivity index (χ1v) is 6.36. The van der Waals surface area contributed by atoms with Crippen LogP contribution < -0.4 is 10.6 Å². The van der Waals surface area contributed by atoms with Gasteiger partial charge in [-0.3, -0.25) is 10.1 Å². The molecular formula is C13H17N5O. The Labute approximate surface area is 111 Å². The van der Waals surface area contributed by atoms with Crippen molar-refractivity contribution in [2.24, 2.45) is 7.05 Å². The van der Waals surface area contributed by atoms with Crippen LogP contribution in [-0.2, 0) is 31.4 Å². The van der Waals surface area contributed by atoms with E-state index in [1.807, 2.05) is 29.9 Å². The van der Waals surface area contributed by atoms with Gasteiger partial charge in [0.25, 0.3) is 0 Å². The molecule has 19 heavy (non-hydrogen) atoms. The lowest BCUT2D eigenvalue weighted by Gasteiger charge is -2.22. The molecule has 1 atom stereocenters. The fraction of sp³-hybridized carbons (Fsp3) is 0.385. The maximum atomic E-state index is 12.1. The van der Waals surface area contributed by atoms with Gasteiger partial charge in [-0.25, -0.2) is 4.98 Å². The van der Waals surface area contributed by atoms with Gasteiger partial charge in [0.1, 0.15) is 0 Å². The van der Waals surface area contributed by atoms with Crippen LogP contribution in [0.3, 0.4) is 0 Å². The Balaban J connectivity index is 1.58. The maximum Gasteiger partial charge on any atom is 0.237 e. The predicted molar refractivity (Wildman–Crippen MR) is 70.2 cm³/mol. The van der Waals surface area contributed by atoms with Crippen molar-refractivity contribution in [1.82, 2.24) is 25.2 Å². The molecule has 0 aromatic carbocycles. The third kappa shape index (κ3) is 2.39. The topological polar surface area (TPSA) is 74.7 Å². The maximum absolute atomic E-state index is 12.1. The summed E-state index contributed by atoms with van der Waals surface area (Å²) in [5, 5.41) is 6.17. The summed E-state index contributed by atoms with van der Waals surface area (Å²) in [4.78, 5) is 19.4. The van der Waals surface area contributed by atoms with Crippen molar-refractivity contribution in [1.29, 1.82) is 0 Å². The van der Waals surface area contributed by atoms with Gasteiger partial charge in [-0.2, -0.15) is 0 Å². The Kier molecular flexibility index (Phi) is 3.08. The molecule has 100 valence electrons. The minimum Gasteiger partial charge on any atom is -0.353 e. The van der Waals surface area contributed by atoms with E-state index in [-0.39, 0.29) is 11.9 Å². The Morgan fingerprint density at radius 1 is 1.63 bits per heavy atom. The van der Waals surface area contributed by atoms with Crippen LogP contribution in [0.2, 0.25) is 0 Å². The van der Waals surface area contributed by atoms with Crippen LogP contribution in [0.1, 0.15) is 17.1 Å². The normalized spacial score (nSPS) is 18.1. The molecule has 2 aromatic rings. The van der Waals surface area contributed by atoms with Crippen LogP contribution in [0.4, 0.5) is 0 Å². The standard InChI is InChI=1S/C13H17N5O/c1-18-4-2-3-9(18)6-15-13(19)11-5-10-12(7-14-11)17-8-16-10/h2-4,8,11,14H,5-7H2,1H3,(H,15,19)(H,16,17). The van der Waals surface area contributed by atoms with Crippen LogP contribution in [0.15, 0.2) is 24.7 Å². The summed E-state index contributed by atoms with van der Waals surface area (Å²) in [7, 11) is 1.97. The number of aryl methyl sites for hydroxylation is 1. The number of fused-ring (bicyclic) bond motifs is 1. The summed E-state index contributed by atoms with van der Waals surface area (Å²) in [5.41, 5.74) is 3.15. The van der Waals surface area contributed by atoms with Crippen molar-refractivity contribution in [3.8, 4) is 0 Å². The van der Waals surface area contributed by atoms with Gasteiger partial charge in [0.05, 0.1) is 30.3 Å². The van der Waals surface area contributed by atoms with Crippen LogP contribution in [-0.4, -0.2) is 26.5 Å². The Morgan fingerprint density at radius 3 is 3.32 bits per heavy atom. The molecule has 0 radical (unpaired) electrons. The third-order valence-electron chi connectivity index (χ3n) is 3.54. The molecular weight excluding hydrogens is 242 g/mol. The Morgan fingerprint density at radius 2 is 2.53 bits per heavy atom. The number of rotatable bonds is 3. The fourth-order valence-corrected chi connectivity index (χ4v) is 2.34. The lowest BCUT2D eigenvalue weighted by atomic mass is 10.0. The van der Waals surface area contributed by atoms with Crippen molar-refractivity contribution < 1.29 is 4.79 Å². The van der Waals surface area contributed by atoms with E-state index < -0.39 is 0 Å². The molecule has 0 saturated carbocycles. The molecule has 2 aromatic heterocycles. The van der Waals surface area contributed by atoms with Crippen LogP contribution in [0.5, 0.6) is 0 Å². The lowest BCUT2D eigenvalue weighted by Crippen LogP contribution is -2.47. The number of aromatic nitrogens is 3. The second-order valence-electron chi connectivity index (χ2n) is 4.79. The second-order valence-corrected chi connectivity index (χ2v) is 4.79. The molecule has 1 amide bonds. The molecule has 0 spiro atoms. The molecule has 1 aliphatic heterocycles. The Bertz CT molecular complexity index is 585. The van der Waals surface area contributed by atoms with Crippen molar-refractivity contribution in [2.45, 2.75) is 25.6 Å². The predicted octanol–water partition coefficient (Wildman–Crippen LogP) is 0.0789. The molecule has 6 heteroatoms. The third-order valence-corrected chi connectivity index (χ3v) is 3.54. The van der Waals surface area contributed by atoms with Gasteiger partial charge in [-0.1, -0.05) is 0 Å². The number of amides is 1. The number of aromatic amines is 1. The average molecular weight is 259 g/mol. The SMILES string of the molecule is Cn1cccc1CNC(=O)C1Cc2nc[nH]c2CN1. The van der Waals surface area contributed by atoms with Gasteiger partial charge < -0.3 is 14.9 Å². The van der Waals surface area contributed by atoms with Gasteiger partial charge in [0.2, 0.25) is 5.91 Å². The molecule has 0 bridgehead atoms. The monoisotopic (exact) mass is 259 g/mol. The molecule has 1 aliphatic rings. The minimum absolute atomic E-state index is 0.0230. The molecule has 0 aliphatic carbocycles. The highest BCUT2D eigenvalue weighted by molar-refractivity contribution is 5.82. The van der Waals surface area contributed by atoms with E-state index in [0.29, 0.717) is 19.5 Å². The fourth-order valence-electron chi connectivity index (χ4n) is 2.34. The van der Waals surface area contributed by atoms with E-state index in [1.165, 1.54) is 0 Å². The highest BCUT2D eigenvalue weighted by atomic mass is 16.2. The van der Waals surface area contributed by atoms with Gasteiger partial charge in [0, 0.05) is 31.9 Å². The zero-order valence-corrected chi connectivity index (χ0v) is 10.8. The Hall–Kier alpha value is -2.08. The first kappa shape index (κ1) is 12.0.